The van der Waals surface area contributed by atoms with E-state index in [0.29, 0.717) is 25.3 Å². The van der Waals surface area contributed by atoms with Gasteiger partial charge in [0.1, 0.15) is 11.8 Å². The second-order valence-electron chi connectivity index (χ2n) is 7.41. The third kappa shape index (κ3) is 5.61. The average molecular weight is 432 g/mol. The molecule has 1 aliphatic heterocycles. The molecule has 0 N–H and O–H groups in total. The Morgan fingerprint density at radius 1 is 1.03 bits per heavy atom. The van der Waals surface area contributed by atoms with Crippen LogP contribution >= 0.6 is 0 Å². The summed E-state index contributed by atoms with van der Waals surface area (Å²) in [5.41, 5.74) is 1.26. The average Bonchev–Trinajstić information content (AvgIpc) is 2.79. The van der Waals surface area contributed by atoms with E-state index in [-0.39, 0.29) is 4.90 Å². The largest absolute Gasteiger partial charge is 0.497 e. The van der Waals surface area contributed by atoms with Crippen molar-refractivity contribution in [2.75, 3.05) is 20.3 Å². The van der Waals surface area contributed by atoms with E-state index in [0.717, 1.165) is 32.1 Å². The predicted octanol–water partition coefficient (Wildman–Crippen LogP) is 3.80. The lowest BCUT2D eigenvalue weighted by Crippen LogP contribution is -2.48. The van der Waals surface area contributed by atoms with Crippen LogP contribution < -0.4 is 4.74 Å². The smallest absolute Gasteiger partial charge is 0.324 e. The van der Waals surface area contributed by atoms with E-state index in [1.165, 1.54) is 29.1 Å². The van der Waals surface area contributed by atoms with Crippen molar-refractivity contribution in [2.45, 2.75) is 49.5 Å². The van der Waals surface area contributed by atoms with Gasteiger partial charge in [0.25, 0.3) is 0 Å². The minimum Gasteiger partial charge on any atom is -0.497 e. The highest BCUT2D eigenvalue weighted by atomic mass is 32.2. The van der Waals surface area contributed by atoms with Gasteiger partial charge in [0.05, 0.1) is 18.6 Å². The first-order valence-corrected chi connectivity index (χ1v) is 11.8. The number of carbonyl (C=O) groups is 1. The standard InChI is InChI=1S/C23H29NO5S/c1-28-20-13-15-21(16-14-20)30(26,27)24-17-7-5-12-22(24)23(25)29-18-8-6-11-19-9-3-2-4-10-19/h2-4,9-10,13-16,22H,5-8,11-12,17-18H2,1H3. The van der Waals surface area contributed by atoms with Crippen molar-refractivity contribution in [2.24, 2.45) is 0 Å². The maximum Gasteiger partial charge on any atom is 0.324 e. The summed E-state index contributed by atoms with van der Waals surface area (Å²) in [6.07, 6.45) is 4.62. The summed E-state index contributed by atoms with van der Waals surface area (Å²) in [4.78, 5) is 12.8. The molecule has 7 heteroatoms. The summed E-state index contributed by atoms with van der Waals surface area (Å²) in [5, 5.41) is 0. The third-order valence-corrected chi connectivity index (χ3v) is 7.26. The van der Waals surface area contributed by atoms with Crippen LogP contribution in [0.25, 0.3) is 0 Å². The lowest BCUT2D eigenvalue weighted by atomic mass is 10.1. The Kier molecular flexibility index (Phi) is 7.87. The second kappa shape index (κ2) is 10.6. The minimum absolute atomic E-state index is 0.158. The Bertz CT molecular complexity index is 912. The zero-order chi connectivity index (χ0) is 21.4. The van der Waals surface area contributed by atoms with E-state index in [1.54, 1.807) is 12.1 Å². The van der Waals surface area contributed by atoms with Gasteiger partial charge in [-0.3, -0.25) is 4.79 Å². The molecular weight excluding hydrogens is 402 g/mol. The molecule has 1 unspecified atom stereocenters. The molecule has 0 aromatic heterocycles. The Hall–Kier alpha value is -2.38. The Morgan fingerprint density at radius 2 is 1.77 bits per heavy atom. The lowest BCUT2D eigenvalue weighted by molar-refractivity contribution is -0.149. The minimum atomic E-state index is -3.78. The highest BCUT2D eigenvalue weighted by Gasteiger charge is 2.38. The molecule has 30 heavy (non-hydrogen) atoms. The maximum absolute atomic E-state index is 13.1. The molecule has 0 spiro atoms. The number of esters is 1. The van der Waals surface area contributed by atoms with Gasteiger partial charge in [-0.1, -0.05) is 30.3 Å². The van der Waals surface area contributed by atoms with Gasteiger partial charge >= 0.3 is 5.97 Å². The van der Waals surface area contributed by atoms with Crippen LogP contribution in [-0.2, 0) is 26.0 Å². The molecule has 2 aromatic carbocycles. The van der Waals surface area contributed by atoms with Gasteiger partial charge in [-0.25, -0.2) is 8.42 Å². The van der Waals surface area contributed by atoms with Crippen LogP contribution in [0, 0.1) is 0 Å². The zero-order valence-corrected chi connectivity index (χ0v) is 18.1. The number of aryl methyl sites for hydroxylation is 1. The number of hydrogen-bond donors (Lipinski definition) is 0. The molecule has 1 saturated heterocycles. The molecule has 0 amide bonds. The fourth-order valence-corrected chi connectivity index (χ4v) is 5.30. The molecule has 2 aromatic rings. The van der Waals surface area contributed by atoms with Crippen LogP contribution in [0.5, 0.6) is 5.75 Å². The quantitative estimate of drug-likeness (QED) is 0.446. The van der Waals surface area contributed by atoms with Gasteiger partial charge in [-0.05, 0) is 68.4 Å². The van der Waals surface area contributed by atoms with E-state index in [1.807, 2.05) is 18.2 Å². The summed E-state index contributed by atoms with van der Waals surface area (Å²) in [7, 11) is -2.25. The Labute approximate surface area is 178 Å². The second-order valence-corrected chi connectivity index (χ2v) is 9.30. The van der Waals surface area contributed by atoms with Crippen LogP contribution in [0.2, 0.25) is 0 Å². The SMILES string of the molecule is COc1ccc(S(=O)(=O)N2CCCCC2C(=O)OCCCCc2ccccc2)cc1. The summed E-state index contributed by atoms with van der Waals surface area (Å²) >= 11 is 0. The topological polar surface area (TPSA) is 72.9 Å². The number of unbranched alkanes of at least 4 members (excludes halogenated alkanes) is 1. The van der Waals surface area contributed by atoms with E-state index < -0.39 is 22.0 Å². The molecule has 3 rings (SSSR count). The first kappa shape index (κ1) is 22.3. The van der Waals surface area contributed by atoms with Crippen molar-refractivity contribution < 1.29 is 22.7 Å². The monoisotopic (exact) mass is 431 g/mol. The number of piperidine rings is 1. The maximum atomic E-state index is 13.1. The normalized spacial score (nSPS) is 17.4. The Balaban J connectivity index is 1.56. The molecular formula is C23H29NO5S. The van der Waals surface area contributed by atoms with Crippen molar-refractivity contribution in [1.82, 2.24) is 4.31 Å². The van der Waals surface area contributed by atoms with E-state index in [4.69, 9.17) is 9.47 Å². The molecule has 0 saturated carbocycles. The van der Waals surface area contributed by atoms with Gasteiger partial charge in [0, 0.05) is 6.54 Å². The zero-order valence-electron chi connectivity index (χ0n) is 17.3. The molecule has 162 valence electrons. The molecule has 1 heterocycles. The van der Waals surface area contributed by atoms with E-state index >= 15 is 0 Å². The third-order valence-electron chi connectivity index (χ3n) is 5.34. The van der Waals surface area contributed by atoms with Gasteiger partial charge in [-0.2, -0.15) is 4.31 Å². The van der Waals surface area contributed by atoms with Gasteiger partial charge in [0.2, 0.25) is 10.0 Å². The number of hydrogen-bond acceptors (Lipinski definition) is 5. The number of sulfonamides is 1. The highest BCUT2D eigenvalue weighted by Crippen LogP contribution is 2.27. The van der Waals surface area contributed by atoms with Crippen molar-refractivity contribution in [3.8, 4) is 5.75 Å². The van der Waals surface area contributed by atoms with Crippen molar-refractivity contribution in [3.63, 3.8) is 0 Å². The number of nitrogens with zero attached hydrogens (tertiary/aromatic N) is 1. The molecule has 0 radical (unpaired) electrons. The van der Waals surface area contributed by atoms with E-state index in [2.05, 4.69) is 12.1 Å². The lowest BCUT2D eigenvalue weighted by Gasteiger charge is -2.33. The summed E-state index contributed by atoms with van der Waals surface area (Å²) in [6, 6.07) is 15.6. The van der Waals surface area contributed by atoms with Crippen LogP contribution in [0.3, 0.4) is 0 Å². The summed E-state index contributed by atoms with van der Waals surface area (Å²) in [6.45, 7) is 0.626. The number of rotatable bonds is 9. The number of carbonyl (C=O) groups excluding carboxylic acids is 1. The van der Waals surface area contributed by atoms with Crippen LogP contribution in [0.1, 0.15) is 37.7 Å². The first-order valence-electron chi connectivity index (χ1n) is 10.4. The van der Waals surface area contributed by atoms with Crippen LogP contribution in [-0.4, -0.2) is 45.0 Å². The number of benzene rings is 2. The Morgan fingerprint density at radius 3 is 2.47 bits per heavy atom. The van der Waals surface area contributed by atoms with Crippen LogP contribution in [0.4, 0.5) is 0 Å². The first-order chi connectivity index (χ1) is 14.5. The van der Waals surface area contributed by atoms with Crippen molar-refractivity contribution in [3.05, 3.63) is 60.2 Å². The highest BCUT2D eigenvalue weighted by molar-refractivity contribution is 7.89. The van der Waals surface area contributed by atoms with Crippen molar-refractivity contribution in [1.29, 1.82) is 0 Å². The van der Waals surface area contributed by atoms with E-state index in [9.17, 15) is 13.2 Å². The van der Waals surface area contributed by atoms with Crippen LogP contribution in [0.15, 0.2) is 59.5 Å². The van der Waals surface area contributed by atoms with Crippen molar-refractivity contribution >= 4 is 16.0 Å². The fraction of sp³-hybridized carbons (Fsp3) is 0.435. The van der Waals surface area contributed by atoms with Gasteiger partial charge in [-0.15, -0.1) is 0 Å². The summed E-state index contributed by atoms with van der Waals surface area (Å²) < 4.78 is 38.1. The molecule has 1 fully saturated rings. The molecule has 0 aliphatic carbocycles. The number of ether oxygens (including phenoxy) is 2. The number of methoxy groups -OCH3 is 1. The predicted molar refractivity (Wildman–Crippen MR) is 115 cm³/mol. The van der Waals surface area contributed by atoms with Gasteiger partial charge in [0.15, 0.2) is 0 Å². The molecule has 0 bridgehead atoms. The van der Waals surface area contributed by atoms with Gasteiger partial charge < -0.3 is 9.47 Å². The summed E-state index contributed by atoms with van der Waals surface area (Å²) in [5.74, 6) is 0.130. The molecule has 1 atom stereocenters. The fourth-order valence-electron chi connectivity index (χ4n) is 3.66. The molecule has 1 aliphatic rings. The molecule has 6 nitrogen and oxygen atoms in total.